The van der Waals surface area contributed by atoms with E-state index in [1.165, 1.54) is 6.92 Å². The summed E-state index contributed by atoms with van der Waals surface area (Å²) in [4.78, 5) is 13.1. The quantitative estimate of drug-likeness (QED) is 0.704. The summed E-state index contributed by atoms with van der Waals surface area (Å²) in [7, 11) is 0. The zero-order chi connectivity index (χ0) is 10.2. The van der Waals surface area contributed by atoms with Gasteiger partial charge in [-0.1, -0.05) is 0 Å². The van der Waals surface area contributed by atoms with Crippen molar-refractivity contribution in [3.05, 3.63) is 15.6 Å². The molecule has 0 aliphatic rings. The number of carboxylic acids is 1. The molecule has 0 atom stereocenters. The number of alkyl halides is 3. The Labute approximate surface area is 87.0 Å². The van der Waals surface area contributed by atoms with Crippen molar-refractivity contribution in [3.63, 3.8) is 0 Å². The van der Waals surface area contributed by atoms with Crippen LogP contribution in [-0.2, 0) is 6.18 Å². The van der Waals surface area contributed by atoms with E-state index in [-0.39, 0.29) is 34.3 Å². The molecule has 0 saturated heterocycles. The van der Waals surface area contributed by atoms with Crippen LogP contribution in [-0.4, -0.2) is 16.1 Å². The molecule has 14 heavy (non-hydrogen) atoms. The van der Waals surface area contributed by atoms with E-state index in [9.17, 15) is 18.0 Å². The van der Waals surface area contributed by atoms with E-state index < -0.39 is 17.2 Å². The van der Waals surface area contributed by atoms with Gasteiger partial charge in [-0.05, 0) is 6.92 Å². The summed E-state index contributed by atoms with van der Waals surface area (Å²) in [5.41, 5.74) is -0.107. The molecule has 0 radical (unpaired) electrons. The fourth-order valence-electron chi connectivity index (χ4n) is 0.716. The van der Waals surface area contributed by atoms with Crippen molar-refractivity contribution in [2.75, 3.05) is 0 Å². The Morgan fingerprint density at radius 2 is 2.00 bits per heavy atom. The van der Waals surface area contributed by atoms with Crippen molar-refractivity contribution in [1.29, 1.82) is 0 Å². The number of rotatable bonds is 1. The topological polar surface area (TPSA) is 50.2 Å². The number of hydrogen-bond donors (Lipinski definition) is 1. The maximum absolute atomic E-state index is 12.0. The van der Waals surface area contributed by atoms with Gasteiger partial charge in [-0.3, -0.25) is 0 Å². The molecular weight excluding hydrogens is 243 g/mol. The van der Waals surface area contributed by atoms with E-state index in [1.807, 2.05) is 0 Å². The van der Waals surface area contributed by atoms with Crippen molar-refractivity contribution >= 4 is 17.3 Å². The van der Waals surface area contributed by atoms with Crippen LogP contribution in [0.4, 0.5) is 13.2 Å². The molecule has 3 nitrogen and oxygen atoms in total. The number of thiazole rings is 1. The van der Waals surface area contributed by atoms with E-state index in [2.05, 4.69) is 4.98 Å². The standard InChI is InChI=1S/C6H4F3NO2S.ClH/c1-2-3(4(11)12)13-5(10-2)6(7,8)9;/h1H3,(H,11,12);1H/p-1. The summed E-state index contributed by atoms with van der Waals surface area (Å²) in [5, 5.41) is 7.33. The zero-order valence-corrected chi connectivity index (χ0v) is 8.30. The van der Waals surface area contributed by atoms with Crippen molar-refractivity contribution in [3.8, 4) is 0 Å². The predicted octanol–water partition coefficient (Wildman–Crippen LogP) is -0.827. The Kier molecular flexibility index (Phi) is 3.90. The third kappa shape index (κ3) is 2.58. The molecule has 1 heterocycles. The van der Waals surface area contributed by atoms with Crippen molar-refractivity contribution in [1.82, 2.24) is 4.98 Å². The lowest BCUT2D eigenvalue weighted by atomic mass is 10.4. The molecule has 0 aliphatic carbocycles. The molecule has 0 fully saturated rings. The lowest BCUT2D eigenvalue weighted by molar-refractivity contribution is -0.137. The van der Waals surface area contributed by atoms with Crippen molar-refractivity contribution in [2.24, 2.45) is 0 Å². The van der Waals surface area contributed by atoms with E-state index in [0.717, 1.165) is 0 Å². The molecule has 80 valence electrons. The van der Waals surface area contributed by atoms with Crippen LogP contribution in [0, 0.1) is 6.92 Å². The number of aromatic carboxylic acids is 1. The van der Waals surface area contributed by atoms with Crippen LogP contribution in [0.5, 0.6) is 0 Å². The average molecular weight is 247 g/mol. The molecule has 1 aromatic heterocycles. The Morgan fingerprint density at radius 3 is 2.21 bits per heavy atom. The molecule has 0 spiro atoms. The number of hydrogen-bond acceptors (Lipinski definition) is 3. The molecule has 8 heteroatoms. The number of nitrogens with zero attached hydrogens (tertiary/aromatic N) is 1. The Bertz CT molecular complexity index is 349. The first-order valence-corrected chi connectivity index (χ1v) is 3.92. The van der Waals surface area contributed by atoms with Crippen LogP contribution < -0.4 is 12.4 Å². The SMILES string of the molecule is Cc1nc(C(F)(F)F)sc1C(=O)O.[Cl-]. The molecule has 0 aliphatic heterocycles. The highest BCUT2D eigenvalue weighted by Crippen LogP contribution is 2.33. The van der Waals surface area contributed by atoms with Gasteiger partial charge >= 0.3 is 12.1 Å². The molecule has 1 aromatic rings. The van der Waals surface area contributed by atoms with Gasteiger partial charge in [-0.25, -0.2) is 9.78 Å². The highest BCUT2D eigenvalue weighted by molar-refractivity contribution is 7.13. The van der Waals surface area contributed by atoms with Crippen LogP contribution in [0.1, 0.15) is 20.4 Å². The smallest absolute Gasteiger partial charge is 0.443 e. The third-order valence-electron chi connectivity index (χ3n) is 1.23. The van der Waals surface area contributed by atoms with Gasteiger partial charge in [0.05, 0.1) is 5.69 Å². The Balaban J connectivity index is 0.00000169. The van der Waals surface area contributed by atoms with E-state index in [0.29, 0.717) is 0 Å². The lowest BCUT2D eigenvalue weighted by Gasteiger charge is -1.98. The van der Waals surface area contributed by atoms with Gasteiger partial charge in [0.1, 0.15) is 4.88 Å². The summed E-state index contributed by atoms with van der Waals surface area (Å²) in [6.07, 6.45) is -4.57. The van der Waals surface area contributed by atoms with Crippen LogP contribution in [0.2, 0.25) is 0 Å². The number of aryl methyl sites for hydroxylation is 1. The fraction of sp³-hybridized carbons (Fsp3) is 0.333. The fourth-order valence-corrected chi connectivity index (χ4v) is 1.49. The normalized spacial score (nSPS) is 10.9. The predicted molar refractivity (Wildman–Crippen MR) is 38.8 cm³/mol. The number of carboxylic acid groups (broad SMARTS) is 1. The first-order valence-electron chi connectivity index (χ1n) is 3.10. The summed E-state index contributed by atoms with van der Waals surface area (Å²) in [5.74, 6) is -1.38. The number of carbonyl (C=O) groups is 1. The van der Waals surface area contributed by atoms with Gasteiger partial charge in [0, 0.05) is 0 Å². The molecule has 0 unspecified atom stereocenters. The zero-order valence-electron chi connectivity index (χ0n) is 6.72. The monoisotopic (exact) mass is 246 g/mol. The first kappa shape index (κ1) is 13.2. The molecule has 0 amide bonds. The maximum Gasteiger partial charge on any atom is 0.443 e. The Hall–Kier alpha value is -0.820. The minimum Gasteiger partial charge on any atom is -1.00 e. The minimum absolute atomic E-state index is 0. The van der Waals surface area contributed by atoms with Gasteiger partial charge in [0.25, 0.3) is 0 Å². The largest absolute Gasteiger partial charge is 1.00 e. The molecule has 1 rings (SSSR count). The average Bonchev–Trinajstić information content (AvgIpc) is 2.29. The second kappa shape index (κ2) is 4.14. The molecular formula is C6H4ClF3NO2S-. The second-order valence-electron chi connectivity index (χ2n) is 2.24. The first-order chi connectivity index (χ1) is 5.82. The molecule has 1 N–H and O–H groups in total. The lowest BCUT2D eigenvalue weighted by Crippen LogP contribution is -3.00. The van der Waals surface area contributed by atoms with Crippen LogP contribution in [0.3, 0.4) is 0 Å². The molecule has 0 saturated carbocycles. The summed E-state index contributed by atoms with van der Waals surface area (Å²) in [6, 6.07) is 0. The summed E-state index contributed by atoms with van der Waals surface area (Å²) in [6.45, 7) is 1.23. The van der Waals surface area contributed by atoms with Gasteiger partial charge in [0.15, 0.2) is 5.01 Å². The molecule has 0 bridgehead atoms. The molecule has 0 aromatic carbocycles. The minimum atomic E-state index is -4.57. The number of aromatic nitrogens is 1. The van der Waals surface area contributed by atoms with Gasteiger partial charge in [-0.15, -0.1) is 11.3 Å². The number of halogens is 4. The second-order valence-corrected chi connectivity index (χ2v) is 3.24. The van der Waals surface area contributed by atoms with Crippen molar-refractivity contribution < 1.29 is 35.5 Å². The van der Waals surface area contributed by atoms with Gasteiger partial charge < -0.3 is 17.5 Å². The van der Waals surface area contributed by atoms with Crippen LogP contribution >= 0.6 is 11.3 Å². The summed E-state index contributed by atoms with van der Waals surface area (Å²) < 4.78 is 36.0. The van der Waals surface area contributed by atoms with Crippen LogP contribution in [0.15, 0.2) is 0 Å². The van der Waals surface area contributed by atoms with Crippen LogP contribution in [0.25, 0.3) is 0 Å². The van der Waals surface area contributed by atoms with Gasteiger partial charge in [-0.2, -0.15) is 13.2 Å². The maximum atomic E-state index is 12.0. The highest BCUT2D eigenvalue weighted by Gasteiger charge is 2.36. The Morgan fingerprint density at radius 1 is 1.50 bits per heavy atom. The summed E-state index contributed by atoms with van der Waals surface area (Å²) >= 11 is 0.139. The highest BCUT2D eigenvalue weighted by atomic mass is 35.5. The van der Waals surface area contributed by atoms with E-state index in [1.54, 1.807) is 0 Å². The van der Waals surface area contributed by atoms with Gasteiger partial charge in [0.2, 0.25) is 0 Å². The van der Waals surface area contributed by atoms with E-state index >= 15 is 0 Å². The third-order valence-corrected chi connectivity index (χ3v) is 2.42. The van der Waals surface area contributed by atoms with E-state index in [4.69, 9.17) is 5.11 Å². The van der Waals surface area contributed by atoms with Crippen molar-refractivity contribution in [2.45, 2.75) is 13.1 Å².